The zero-order valence-corrected chi connectivity index (χ0v) is 12.7. The van der Waals surface area contributed by atoms with E-state index in [1.165, 1.54) is 6.39 Å². The van der Waals surface area contributed by atoms with Gasteiger partial charge in [0.15, 0.2) is 0 Å². The van der Waals surface area contributed by atoms with E-state index in [1.807, 2.05) is 24.3 Å². The van der Waals surface area contributed by atoms with Crippen molar-refractivity contribution < 1.29 is 18.8 Å². The van der Waals surface area contributed by atoms with Gasteiger partial charge in [0.05, 0.1) is 12.7 Å². The molecule has 3 rings (SSSR count). The summed E-state index contributed by atoms with van der Waals surface area (Å²) in [6, 6.07) is 7.61. The van der Waals surface area contributed by atoms with Crippen molar-refractivity contribution in [2.24, 2.45) is 0 Å². The lowest BCUT2D eigenvalue weighted by atomic mass is 10.1. The second-order valence-electron chi connectivity index (χ2n) is 5.38. The Morgan fingerprint density at radius 1 is 1.35 bits per heavy atom. The summed E-state index contributed by atoms with van der Waals surface area (Å²) < 4.78 is 15.5. The SMILES string of the molecule is O=C(COCC1CCCO1)NCc1ccc(-c2ncon2)cc1. The van der Waals surface area contributed by atoms with Crippen molar-refractivity contribution in [1.82, 2.24) is 15.5 Å². The normalized spacial score (nSPS) is 17.3. The topological polar surface area (TPSA) is 86.5 Å². The lowest BCUT2D eigenvalue weighted by molar-refractivity contribution is -0.127. The van der Waals surface area contributed by atoms with Crippen LogP contribution in [0.15, 0.2) is 35.2 Å². The maximum absolute atomic E-state index is 11.7. The Morgan fingerprint density at radius 3 is 2.91 bits per heavy atom. The van der Waals surface area contributed by atoms with E-state index in [-0.39, 0.29) is 18.6 Å². The van der Waals surface area contributed by atoms with Gasteiger partial charge in [-0.15, -0.1) is 0 Å². The third kappa shape index (κ3) is 4.61. The van der Waals surface area contributed by atoms with E-state index in [1.54, 1.807) is 0 Å². The number of rotatable bonds is 7. The van der Waals surface area contributed by atoms with E-state index in [9.17, 15) is 4.79 Å². The quantitative estimate of drug-likeness (QED) is 0.834. The average molecular weight is 317 g/mol. The molecular formula is C16H19N3O4. The smallest absolute Gasteiger partial charge is 0.246 e. The number of nitrogens with zero attached hydrogens (tertiary/aromatic N) is 2. The first kappa shape index (κ1) is 15.6. The zero-order valence-electron chi connectivity index (χ0n) is 12.7. The summed E-state index contributed by atoms with van der Waals surface area (Å²) in [5.74, 6) is 0.411. The van der Waals surface area contributed by atoms with Crippen LogP contribution in [0.3, 0.4) is 0 Å². The van der Waals surface area contributed by atoms with Gasteiger partial charge in [-0.3, -0.25) is 4.79 Å². The lowest BCUT2D eigenvalue weighted by Gasteiger charge is -2.10. The Hall–Kier alpha value is -2.25. The van der Waals surface area contributed by atoms with E-state index in [0.29, 0.717) is 19.0 Å². The van der Waals surface area contributed by atoms with E-state index in [4.69, 9.17) is 14.0 Å². The monoisotopic (exact) mass is 317 g/mol. The Bertz CT molecular complexity index is 607. The summed E-state index contributed by atoms with van der Waals surface area (Å²) in [5.41, 5.74) is 1.86. The number of benzene rings is 1. The average Bonchev–Trinajstić information content (AvgIpc) is 3.27. The number of carbonyl (C=O) groups excluding carboxylic acids is 1. The summed E-state index contributed by atoms with van der Waals surface area (Å²) in [5, 5.41) is 6.60. The van der Waals surface area contributed by atoms with Crippen LogP contribution in [0.25, 0.3) is 11.4 Å². The van der Waals surface area contributed by atoms with Crippen LogP contribution < -0.4 is 5.32 Å². The Morgan fingerprint density at radius 2 is 2.22 bits per heavy atom. The molecule has 1 aromatic heterocycles. The fourth-order valence-corrected chi connectivity index (χ4v) is 2.38. The minimum Gasteiger partial charge on any atom is -0.376 e. The first-order valence-electron chi connectivity index (χ1n) is 7.63. The summed E-state index contributed by atoms with van der Waals surface area (Å²) in [6.45, 7) is 1.78. The van der Waals surface area contributed by atoms with Gasteiger partial charge >= 0.3 is 0 Å². The molecule has 7 heteroatoms. The lowest BCUT2D eigenvalue weighted by Crippen LogP contribution is -2.28. The standard InChI is InChI=1S/C16H19N3O4/c20-15(10-21-9-14-2-1-7-22-14)17-8-12-3-5-13(6-4-12)16-18-11-23-19-16/h3-6,11,14H,1-2,7-10H2,(H,17,20). The third-order valence-electron chi connectivity index (χ3n) is 3.62. The van der Waals surface area contributed by atoms with E-state index >= 15 is 0 Å². The predicted molar refractivity (Wildman–Crippen MR) is 81.4 cm³/mol. The molecule has 0 saturated carbocycles. The minimum absolute atomic E-state index is 0.0564. The molecule has 2 aromatic rings. The van der Waals surface area contributed by atoms with Crippen LogP contribution in [0.5, 0.6) is 0 Å². The largest absolute Gasteiger partial charge is 0.376 e. The molecule has 1 atom stereocenters. The highest BCUT2D eigenvalue weighted by Crippen LogP contribution is 2.15. The van der Waals surface area contributed by atoms with Gasteiger partial charge in [0.1, 0.15) is 6.61 Å². The highest BCUT2D eigenvalue weighted by Gasteiger charge is 2.15. The molecule has 0 aliphatic carbocycles. The van der Waals surface area contributed by atoms with Gasteiger partial charge in [-0.2, -0.15) is 4.98 Å². The van der Waals surface area contributed by atoms with Crippen LogP contribution in [0.4, 0.5) is 0 Å². The molecule has 1 aromatic carbocycles. The van der Waals surface area contributed by atoms with Crippen LogP contribution in [0.1, 0.15) is 18.4 Å². The molecule has 7 nitrogen and oxygen atoms in total. The number of amides is 1. The Kier molecular flexibility index (Phi) is 5.33. The van der Waals surface area contributed by atoms with Crippen LogP contribution >= 0.6 is 0 Å². The fraction of sp³-hybridized carbons (Fsp3) is 0.438. The molecular weight excluding hydrogens is 298 g/mol. The predicted octanol–water partition coefficient (Wildman–Crippen LogP) is 1.55. The summed E-state index contributed by atoms with van der Waals surface area (Å²) in [4.78, 5) is 15.7. The van der Waals surface area contributed by atoms with Crippen molar-refractivity contribution in [2.45, 2.75) is 25.5 Å². The highest BCUT2D eigenvalue weighted by atomic mass is 16.5. The van der Waals surface area contributed by atoms with Gasteiger partial charge in [0, 0.05) is 18.7 Å². The van der Waals surface area contributed by atoms with Crippen molar-refractivity contribution in [1.29, 1.82) is 0 Å². The number of aromatic nitrogens is 2. The number of hydrogen-bond acceptors (Lipinski definition) is 6. The second-order valence-corrected chi connectivity index (χ2v) is 5.38. The zero-order chi connectivity index (χ0) is 15.9. The van der Waals surface area contributed by atoms with Crippen molar-refractivity contribution in [2.75, 3.05) is 19.8 Å². The molecule has 122 valence electrons. The van der Waals surface area contributed by atoms with Crippen molar-refractivity contribution in [3.05, 3.63) is 36.2 Å². The summed E-state index contributed by atoms with van der Waals surface area (Å²) in [6.07, 6.45) is 3.51. The van der Waals surface area contributed by atoms with Crippen LogP contribution in [-0.4, -0.2) is 42.0 Å². The molecule has 1 N–H and O–H groups in total. The van der Waals surface area contributed by atoms with Gasteiger partial charge < -0.3 is 19.3 Å². The van der Waals surface area contributed by atoms with E-state index in [2.05, 4.69) is 15.5 Å². The number of carbonyl (C=O) groups is 1. The molecule has 2 heterocycles. The van der Waals surface area contributed by atoms with Gasteiger partial charge in [0.25, 0.3) is 0 Å². The Balaban J connectivity index is 1.38. The molecule has 1 aliphatic rings. The van der Waals surface area contributed by atoms with E-state index in [0.717, 1.165) is 30.6 Å². The first-order valence-corrected chi connectivity index (χ1v) is 7.63. The fourth-order valence-electron chi connectivity index (χ4n) is 2.38. The molecule has 1 saturated heterocycles. The van der Waals surface area contributed by atoms with Crippen LogP contribution in [0, 0.1) is 0 Å². The van der Waals surface area contributed by atoms with Gasteiger partial charge in [-0.1, -0.05) is 29.4 Å². The molecule has 0 radical (unpaired) electrons. The molecule has 0 bridgehead atoms. The molecule has 1 aliphatic heterocycles. The molecule has 23 heavy (non-hydrogen) atoms. The number of nitrogens with one attached hydrogen (secondary N) is 1. The molecule has 1 fully saturated rings. The van der Waals surface area contributed by atoms with Gasteiger partial charge in [-0.05, 0) is 18.4 Å². The third-order valence-corrected chi connectivity index (χ3v) is 3.62. The van der Waals surface area contributed by atoms with Crippen molar-refractivity contribution >= 4 is 5.91 Å². The maximum atomic E-state index is 11.7. The van der Waals surface area contributed by atoms with Crippen molar-refractivity contribution in [3.8, 4) is 11.4 Å². The first-order chi connectivity index (χ1) is 11.3. The minimum atomic E-state index is -0.134. The summed E-state index contributed by atoms with van der Waals surface area (Å²) >= 11 is 0. The van der Waals surface area contributed by atoms with Gasteiger partial charge in [0.2, 0.25) is 18.1 Å². The Labute approximate surface area is 134 Å². The summed E-state index contributed by atoms with van der Waals surface area (Å²) in [7, 11) is 0. The van der Waals surface area contributed by atoms with Crippen LogP contribution in [0.2, 0.25) is 0 Å². The number of hydrogen-bond donors (Lipinski definition) is 1. The molecule has 1 unspecified atom stereocenters. The highest BCUT2D eigenvalue weighted by molar-refractivity contribution is 5.77. The molecule has 0 spiro atoms. The van der Waals surface area contributed by atoms with Gasteiger partial charge in [-0.25, -0.2) is 0 Å². The van der Waals surface area contributed by atoms with E-state index < -0.39 is 0 Å². The molecule has 1 amide bonds. The van der Waals surface area contributed by atoms with Crippen LogP contribution in [-0.2, 0) is 20.8 Å². The number of ether oxygens (including phenoxy) is 2. The van der Waals surface area contributed by atoms with Crippen molar-refractivity contribution in [3.63, 3.8) is 0 Å². The maximum Gasteiger partial charge on any atom is 0.246 e. The second kappa shape index (κ2) is 7.85.